The molecule has 16 heavy (non-hydrogen) atoms. The van der Waals surface area contributed by atoms with Gasteiger partial charge in [-0.25, -0.2) is 0 Å². The molecule has 0 bridgehead atoms. The highest BCUT2D eigenvalue weighted by Crippen LogP contribution is 2.29. The predicted octanol–water partition coefficient (Wildman–Crippen LogP) is 3.35. The lowest BCUT2D eigenvalue weighted by Crippen LogP contribution is -2.33. The summed E-state index contributed by atoms with van der Waals surface area (Å²) >= 11 is 0. The van der Waals surface area contributed by atoms with Crippen LogP contribution in [0.2, 0.25) is 0 Å². The molecular formula is C15H21N. The molecule has 1 heterocycles. The van der Waals surface area contributed by atoms with Crippen molar-refractivity contribution >= 4 is 5.57 Å². The Morgan fingerprint density at radius 3 is 2.69 bits per heavy atom. The average Bonchev–Trinajstić information content (AvgIpc) is 2.30. The van der Waals surface area contributed by atoms with Gasteiger partial charge in [0.05, 0.1) is 0 Å². The monoisotopic (exact) mass is 215 g/mol. The first-order valence-electron chi connectivity index (χ1n) is 6.20. The molecular weight excluding hydrogens is 194 g/mol. The average molecular weight is 215 g/mol. The van der Waals surface area contributed by atoms with E-state index in [9.17, 15) is 0 Å². The number of rotatable bonds is 2. The number of benzene rings is 1. The zero-order chi connectivity index (χ0) is 11.5. The van der Waals surface area contributed by atoms with Gasteiger partial charge in [-0.05, 0) is 36.1 Å². The molecule has 0 aromatic heterocycles. The Morgan fingerprint density at radius 2 is 2.06 bits per heavy atom. The molecule has 1 aliphatic rings. The lowest BCUT2D eigenvalue weighted by atomic mass is 9.88. The first-order valence-corrected chi connectivity index (χ1v) is 6.20. The molecule has 1 aromatic carbocycles. The van der Waals surface area contributed by atoms with Crippen LogP contribution in [0.25, 0.3) is 5.57 Å². The maximum atomic E-state index is 2.49. The van der Waals surface area contributed by atoms with E-state index < -0.39 is 0 Å². The van der Waals surface area contributed by atoms with Crippen molar-refractivity contribution in [2.75, 3.05) is 19.6 Å². The van der Waals surface area contributed by atoms with Crippen molar-refractivity contribution in [2.24, 2.45) is 5.92 Å². The number of hydrogen-bond acceptors (Lipinski definition) is 1. The summed E-state index contributed by atoms with van der Waals surface area (Å²) in [5.74, 6) is 0.648. The van der Waals surface area contributed by atoms with E-state index in [0.29, 0.717) is 5.92 Å². The van der Waals surface area contributed by atoms with Crippen molar-refractivity contribution in [3.8, 4) is 0 Å². The molecule has 1 aliphatic heterocycles. The Balaban J connectivity index is 2.28. The van der Waals surface area contributed by atoms with Gasteiger partial charge in [0.15, 0.2) is 0 Å². The summed E-state index contributed by atoms with van der Waals surface area (Å²) < 4.78 is 0. The fourth-order valence-corrected chi connectivity index (χ4v) is 2.52. The summed E-state index contributed by atoms with van der Waals surface area (Å²) in [4.78, 5) is 2.49. The first kappa shape index (κ1) is 11.4. The topological polar surface area (TPSA) is 3.24 Å². The number of nitrogens with zero attached hydrogens (tertiary/aromatic N) is 1. The van der Waals surface area contributed by atoms with E-state index in [2.05, 4.69) is 56.0 Å². The van der Waals surface area contributed by atoms with Crippen LogP contribution < -0.4 is 0 Å². The molecule has 1 heteroatoms. The second-order valence-corrected chi connectivity index (χ2v) is 4.73. The van der Waals surface area contributed by atoms with Crippen molar-refractivity contribution in [3.05, 3.63) is 41.5 Å². The highest BCUT2D eigenvalue weighted by Gasteiger charge is 2.19. The third kappa shape index (κ3) is 2.19. The summed E-state index contributed by atoms with van der Waals surface area (Å²) in [6.45, 7) is 10.2. The Kier molecular flexibility index (Phi) is 3.45. The maximum Gasteiger partial charge on any atom is 0.0169 e. The third-order valence-corrected chi connectivity index (χ3v) is 3.54. The fourth-order valence-electron chi connectivity index (χ4n) is 2.52. The van der Waals surface area contributed by atoms with Crippen LogP contribution in [0, 0.1) is 12.8 Å². The Hall–Kier alpha value is -1.08. The van der Waals surface area contributed by atoms with Crippen LogP contribution in [0.15, 0.2) is 30.3 Å². The summed E-state index contributed by atoms with van der Waals surface area (Å²) in [5, 5.41) is 0. The zero-order valence-corrected chi connectivity index (χ0v) is 10.5. The molecule has 86 valence electrons. The van der Waals surface area contributed by atoms with E-state index in [1.807, 2.05) is 0 Å². The predicted molar refractivity (Wildman–Crippen MR) is 70.4 cm³/mol. The van der Waals surface area contributed by atoms with Crippen LogP contribution in [0.3, 0.4) is 0 Å². The summed E-state index contributed by atoms with van der Waals surface area (Å²) in [7, 11) is 0. The molecule has 0 fully saturated rings. The van der Waals surface area contributed by atoms with E-state index in [-0.39, 0.29) is 0 Å². The number of hydrogen-bond donors (Lipinski definition) is 0. The first-order chi connectivity index (χ1) is 7.72. The second-order valence-electron chi connectivity index (χ2n) is 4.73. The van der Waals surface area contributed by atoms with Crippen LogP contribution in [0.4, 0.5) is 0 Å². The summed E-state index contributed by atoms with van der Waals surface area (Å²) in [5.41, 5.74) is 4.36. The highest BCUT2D eigenvalue weighted by atomic mass is 15.1. The van der Waals surface area contributed by atoms with Crippen molar-refractivity contribution in [2.45, 2.75) is 20.8 Å². The fraction of sp³-hybridized carbons (Fsp3) is 0.467. The van der Waals surface area contributed by atoms with E-state index in [1.165, 1.54) is 23.2 Å². The van der Waals surface area contributed by atoms with Crippen molar-refractivity contribution in [1.29, 1.82) is 0 Å². The van der Waals surface area contributed by atoms with Gasteiger partial charge in [-0.1, -0.05) is 44.2 Å². The third-order valence-electron chi connectivity index (χ3n) is 3.54. The normalized spacial score (nSPS) is 21.9. The van der Waals surface area contributed by atoms with Gasteiger partial charge < -0.3 is 0 Å². The molecule has 0 saturated carbocycles. The van der Waals surface area contributed by atoms with Gasteiger partial charge in [-0.3, -0.25) is 4.90 Å². The zero-order valence-electron chi connectivity index (χ0n) is 10.5. The molecule has 1 aromatic rings. The van der Waals surface area contributed by atoms with Crippen molar-refractivity contribution < 1.29 is 0 Å². The molecule has 0 N–H and O–H groups in total. The minimum Gasteiger partial charge on any atom is -0.299 e. The van der Waals surface area contributed by atoms with E-state index in [0.717, 1.165) is 13.1 Å². The lowest BCUT2D eigenvalue weighted by Gasteiger charge is -2.30. The van der Waals surface area contributed by atoms with E-state index >= 15 is 0 Å². The van der Waals surface area contributed by atoms with E-state index in [1.54, 1.807) is 0 Å². The van der Waals surface area contributed by atoms with Gasteiger partial charge in [0, 0.05) is 13.1 Å². The molecule has 1 atom stereocenters. The molecule has 0 amide bonds. The minimum atomic E-state index is 0.648. The smallest absolute Gasteiger partial charge is 0.0169 e. The largest absolute Gasteiger partial charge is 0.299 e. The SMILES string of the molecule is CCN1CC=C(c2ccccc2C)C(C)C1. The minimum absolute atomic E-state index is 0.648. The number of aryl methyl sites for hydroxylation is 1. The molecule has 0 aliphatic carbocycles. The van der Waals surface area contributed by atoms with Gasteiger partial charge in [-0.15, -0.1) is 0 Å². The van der Waals surface area contributed by atoms with Crippen LogP contribution in [0.1, 0.15) is 25.0 Å². The summed E-state index contributed by atoms with van der Waals surface area (Å²) in [6.07, 6.45) is 2.40. The second kappa shape index (κ2) is 4.84. The quantitative estimate of drug-likeness (QED) is 0.731. The number of likely N-dealkylation sites (N-methyl/N-ethyl adjacent to an activating group) is 1. The van der Waals surface area contributed by atoms with Crippen LogP contribution in [-0.4, -0.2) is 24.5 Å². The van der Waals surface area contributed by atoms with Gasteiger partial charge >= 0.3 is 0 Å². The van der Waals surface area contributed by atoms with Gasteiger partial charge in [0.2, 0.25) is 0 Å². The van der Waals surface area contributed by atoms with Gasteiger partial charge in [-0.2, -0.15) is 0 Å². The van der Waals surface area contributed by atoms with Crippen molar-refractivity contribution in [3.63, 3.8) is 0 Å². The Bertz CT molecular complexity index is 392. The van der Waals surface area contributed by atoms with Gasteiger partial charge in [0.25, 0.3) is 0 Å². The summed E-state index contributed by atoms with van der Waals surface area (Å²) in [6, 6.07) is 8.71. The molecule has 0 saturated heterocycles. The van der Waals surface area contributed by atoms with Crippen molar-refractivity contribution in [1.82, 2.24) is 4.90 Å². The molecule has 1 unspecified atom stereocenters. The highest BCUT2D eigenvalue weighted by molar-refractivity contribution is 5.70. The Morgan fingerprint density at radius 1 is 1.31 bits per heavy atom. The van der Waals surface area contributed by atoms with E-state index in [4.69, 9.17) is 0 Å². The van der Waals surface area contributed by atoms with Gasteiger partial charge in [0.1, 0.15) is 0 Å². The van der Waals surface area contributed by atoms with Crippen LogP contribution >= 0.6 is 0 Å². The molecule has 2 rings (SSSR count). The van der Waals surface area contributed by atoms with Crippen LogP contribution in [0.5, 0.6) is 0 Å². The lowest BCUT2D eigenvalue weighted by molar-refractivity contribution is 0.286. The molecule has 1 nitrogen and oxygen atoms in total. The Labute approximate surface area is 98.8 Å². The molecule has 0 radical (unpaired) electrons. The van der Waals surface area contributed by atoms with Crippen LogP contribution in [-0.2, 0) is 0 Å². The molecule has 0 spiro atoms. The standard InChI is InChI=1S/C15H21N/c1-4-16-10-9-15(13(3)11-16)14-8-6-5-7-12(14)2/h5-9,13H,4,10-11H2,1-3H3. The maximum absolute atomic E-state index is 2.49.